The molecule has 1 heterocycles. The highest BCUT2D eigenvalue weighted by atomic mass is 16.5. The highest BCUT2D eigenvalue weighted by Gasteiger charge is 2.20. The Kier molecular flexibility index (Phi) is 4.84. The highest BCUT2D eigenvalue weighted by molar-refractivity contribution is 5.96. The minimum atomic E-state index is -0.630. The molecule has 3 rings (SSSR count). The highest BCUT2D eigenvalue weighted by Crippen LogP contribution is 2.21. The molecule has 0 N–H and O–H groups in total. The number of fused-ring (bicyclic) bond motifs is 1. The average molecular weight is 337 g/mol. The van der Waals surface area contributed by atoms with Gasteiger partial charge in [0.05, 0.1) is 7.11 Å². The van der Waals surface area contributed by atoms with Crippen molar-refractivity contribution in [2.75, 3.05) is 13.7 Å². The van der Waals surface area contributed by atoms with Crippen molar-refractivity contribution in [3.05, 3.63) is 76.1 Å². The van der Waals surface area contributed by atoms with Crippen LogP contribution in [-0.2, 0) is 6.54 Å². The van der Waals surface area contributed by atoms with Crippen molar-refractivity contribution in [2.45, 2.75) is 13.5 Å². The molecule has 2 aromatic carbocycles. The number of hydrogen-bond donors (Lipinski definition) is 0. The van der Waals surface area contributed by atoms with Crippen LogP contribution in [0.3, 0.4) is 0 Å². The molecule has 0 aliphatic rings. The van der Waals surface area contributed by atoms with Gasteiger partial charge in [-0.1, -0.05) is 30.3 Å². The van der Waals surface area contributed by atoms with Crippen molar-refractivity contribution in [3.63, 3.8) is 0 Å². The summed E-state index contributed by atoms with van der Waals surface area (Å²) in [6, 6.07) is 16.3. The van der Waals surface area contributed by atoms with Crippen molar-refractivity contribution in [2.24, 2.45) is 0 Å². The number of nitrogens with zero attached hydrogens (tertiary/aromatic N) is 1. The SMILES string of the molecule is CCN(Cc1ccccc1)C(=O)c1cc2cc(OC)ccc2oc1=O. The maximum absolute atomic E-state index is 12.8. The first-order chi connectivity index (χ1) is 12.1. The molecule has 5 heteroatoms. The summed E-state index contributed by atoms with van der Waals surface area (Å²) in [5.41, 5.74) is 0.825. The summed E-state index contributed by atoms with van der Waals surface area (Å²) < 4.78 is 10.5. The van der Waals surface area contributed by atoms with Crippen LogP contribution in [0.25, 0.3) is 11.0 Å². The van der Waals surface area contributed by atoms with Gasteiger partial charge in [-0.25, -0.2) is 4.79 Å². The predicted molar refractivity (Wildman–Crippen MR) is 95.9 cm³/mol. The third kappa shape index (κ3) is 3.55. The van der Waals surface area contributed by atoms with E-state index in [0.29, 0.717) is 29.8 Å². The molecule has 25 heavy (non-hydrogen) atoms. The van der Waals surface area contributed by atoms with Gasteiger partial charge in [0.15, 0.2) is 0 Å². The van der Waals surface area contributed by atoms with Gasteiger partial charge in [-0.15, -0.1) is 0 Å². The molecule has 3 aromatic rings. The molecule has 0 fully saturated rings. The van der Waals surface area contributed by atoms with E-state index in [1.165, 1.54) is 0 Å². The molecule has 0 saturated carbocycles. The van der Waals surface area contributed by atoms with E-state index in [-0.39, 0.29) is 11.5 Å². The molecule has 1 aromatic heterocycles. The lowest BCUT2D eigenvalue weighted by atomic mass is 10.1. The second-order valence-electron chi connectivity index (χ2n) is 5.66. The van der Waals surface area contributed by atoms with Crippen LogP contribution in [0.4, 0.5) is 0 Å². The molecule has 0 atom stereocenters. The molecule has 1 amide bonds. The van der Waals surface area contributed by atoms with Crippen LogP contribution in [0.1, 0.15) is 22.8 Å². The van der Waals surface area contributed by atoms with Crippen LogP contribution >= 0.6 is 0 Å². The summed E-state index contributed by atoms with van der Waals surface area (Å²) >= 11 is 0. The topological polar surface area (TPSA) is 59.8 Å². The molecule has 0 saturated heterocycles. The van der Waals surface area contributed by atoms with Crippen molar-refractivity contribution >= 4 is 16.9 Å². The molecule has 0 bridgehead atoms. The Hall–Kier alpha value is -3.08. The van der Waals surface area contributed by atoms with E-state index in [2.05, 4.69) is 0 Å². The Labute approximate surface area is 145 Å². The average Bonchev–Trinajstić information content (AvgIpc) is 2.65. The lowest BCUT2D eigenvalue weighted by molar-refractivity contribution is 0.0748. The zero-order valence-corrected chi connectivity index (χ0v) is 14.2. The van der Waals surface area contributed by atoms with E-state index < -0.39 is 5.63 Å². The third-order valence-corrected chi connectivity index (χ3v) is 4.05. The Balaban J connectivity index is 1.96. The number of hydrogen-bond acceptors (Lipinski definition) is 4. The number of ether oxygens (including phenoxy) is 1. The normalized spacial score (nSPS) is 10.6. The van der Waals surface area contributed by atoms with Crippen LogP contribution in [-0.4, -0.2) is 24.5 Å². The summed E-state index contributed by atoms with van der Waals surface area (Å²) in [5, 5.41) is 0.651. The summed E-state index contributed by atoms with van der Waals surface area (Å²) in [6.07, 6.45) is 0. The van der Waals surface area contributed by atoms with E-state index in [9.17, 15) is 9.59 Å². The van der Waals surface area contributed by atoms with Crippen molar-refractivity contribution in [1.29, 1.82) is 0 Å². The summed E-state index contributed by atoms with van der Waals surface area (Å²) in [5.74, 6) is 0.293. The number of carbonyl (C=O) groups excluding carboxylic acids is 1. The number of methoxy groups -OCH3 is 1. The van der Waals surface area contributed by atoms with Crippen molar-refractivity contribution in [3.8, 4) is 5.75 Å². The fourth-order valence-electron chi connectivity index (χ4n) is 2.68. The largest absolute Gasteiger partial charge is 0.497 e. The molecule has 5 nitrogen and oxygen atoms in total. The lowest BCUT2D eigenvalue weighted by Crippen LogP contribution is -2.33. The standard InChI is InChI=1S/C20H19NO4/c1-3-21(13-14-7-5-4-6-8-14)19(22)17-12-15-11-16(24-2)9-10-18(15)25-20(17)23/h4-12H,3,13H2,1-2H3. The fraction of sp³-hybridized carbons (Fsp3) is 0.200. The smallest absolute Gasteiger partial charge is 0.349 e. The van der Waals surface area contributed by atoms with Gasteiger partial charge in [-0.05, 0) is 36.8 Å². The van der Waals surface area contributed by atoms with Crippen molar-refractivity contribution < 1.29 is 13.9 Å². The first-order valence-corrected chi connectivity index (χ1v) is 8.07. The van der Waals surface area contributed by atoms with Gasteiger partial charge in [0, 0.05) is 18.5 Å². The number of carbonyl (C=O) groups is 1. The van der Waals surface area contributed by atoms with Crippen LogP contribution in [0, 0.1) is 0 Å². The van der Waals surface area contributed by atoms with Crippen LogP contribution in [0.5, 0.6) is 5.75 Å². The first kappa shape index (κ1) is 16.8. The summed E-state index contributed by atoms with van der Waals surface area (Å²) in [4.78, 5) is 26.7. The van der Waals surface area contributed by atoms with Gasteiger partial charge in [-0.3, -0.25) is 4.79 Å². The maximum Gasteiger partial charge on any atom is 0.349 e. The summed E-state index contributed by atoms with van der Waals surface area (Å²) in [7, 11) is 1.56. The quantitative estimate of drug-likeness (QED) is 0.669. The molecule has 0 unspecified atom stereocenters. The van der Waals surface area contributed by atoms with E-state index in [1.807, 2.05) is 37.3 Å². The number of amides is 1. The van der Waals surface area contributed by atoms with Gasteiger partial charge >= 0.3 is 5.63 Å². The zero-order valence-electron chi connectivity index (χ0n) is 14.2. The van der Waals surface area contributed by atoms with Gasteiger partial charge in [0.1, 0.15) is 16.9 Å². The second-order valence-corrected chi connectivity index (χ2v) is 5.66. The monoisotopic (exact) mass is 337 g/mol. The number of benzene rings is 2. The molecule has 0 aliphatic carbocycles. The number of rotatable bonds is 5. The van der Waals surface area contributed by atoms with Gasteiger partial charge < -0.3 is 14.1 Å². The minimum Gasteiger partial charge on any atom is -0.497 e. The van der Waals surface area contributed by atoms with Gasteiger partial charge in [0.2, 0.25) is 0 Å². The van der Waals surface area contributed by atoms with E-state index in [4.69, 9.17) is 9.15 Å². The second kappa shape index (κ2) is 7.21. The molecular formula is C20H19NO4. The Morgan fingerprint density at radius 2 is 1.88 bits per heavy atom. The third-order valence-electron chi connectivity index (χ3n) is 4.05. The van der Waals surface area contributed by atoms with Gasteiger partial charge in [0.25, 0.3) is 5.91 Å². The predicted octanol–water partition coefficient (Wildman–Crippen LogP) is 3.46. The lowest BCUT2D eigenvalue weighted by Gasteiger charge is -2.20. The van der Waals surface area contributed by atoms with E-state index in [0.717, 1.165) is 5.56 Å². The minimum absolute atomic E-state index is 0.0264. The molecule has 0 spiro atoms. The Morgan fingerprint density at radius 3 is 2.56 bits per heavy atom. The zero-order chi connectivity index (χ0) is 17.8. The van der Waals surface area contributed by atoms with Gasteiger partial charge in [-0.2, -0.15) is 0 Å². The first-order valence-electron chi connectivity index (χ1n) is 8.07. The molecule has 128 valence electrons. The van der Waals surface area contributed by atoms with Crippen LogP contribution < -0.4 is 10.4 Å². The molecular weight excluding hydrogens is 318 g/mol. The van der Waals surface area contributed by atoms with Crippen LogP contribution in [0.2, 0.25) is 0 Å². The van der Waals surface area contributed by atoms with Crippen LogP contribution in [0.15, 0.2) is 63.8 Å². The van der Waals surface area contributed by atoms with E-state index in [1.54, 1.807) is 36.3 Å². The van der Waals surface area contributed by atoms with Crippen molar-refractivity contribution in [1.82, 2.24) is 4.90 Å². The fourth-order valence-corrected chi connectivity index (χ4v) is 2.68. The summed E-state index contributed by atoms with van der Waals surface area (Å²) in [6.45, 7) is 2.81. The molecule has 0 aliphatic heterocycles. The van der Waals surface area contributed by atoms with E-state index >= 15 is 0 Å². The Bertz CT molecular complexity index is 947. The maximum atomic E-state index is 12.8. The Morgan fingerprint density at radius 1 is 1.12 bits per heavy atom. The molecule has 0 radical (unpaired) electrons.